The summed E-state index contributed by atoms with van der Waals surface area (Å²) in [6.45, 7) is 2.54. The van der Waals surface area contributed by atoms with E-state index in [4.69, 9.17) is 4.74 Å². The van der Waals surface area contributed by atoms with Crippen molar-refractivity contribution in [3.63, 3.8) is 0 Å². The Labute approximate surface area is 135 Å². The van der Waals surface area contributed by atoms with Crippen molar-refractivity contribution in [2.24, 2.45) is 0 Å². The van der Waals surface area contributed by atoms with E-state index in [2.05, 4.69) is 10.3 Å². The number of thioether (sulfide) groups is 1. The normalized spacial score (nSPS) is 10.3. The Kier molecular flexibility index (Phi) is 6.27. The minimum Gasteiger partial charge on any atom is -0.493 e. The van der Waals surface area contributed by atoms with Crippen LogP contribution < -0.4 is 10.1 Å². The van der Waals surface area contributed by atoms with Gasteiger partial charge in [-0.1, -0.05) is 18.2 Å². The van der Waals surface area contributed by atoms with Gasteiger partial charge in [-0.25, -0.2) is 4.98 Å². The molecule has 2 rings (SSSR count). The Hall–Kier alpha value is -2.01. The fourth-order valence-electron chi connectivity index (χ4n) is 1.93. The predicted molar refractivity (Wildman–Crippen MR) is 90.6 cm³/mol. The summed E-state index contributed by atoms with van der Waals surface area (Å²) >= 11 is 1.57. The average molecular weight is 316 g/mol. The van der Waals surface area contributed by atoms with Crippen LogP contribution in [0.5, 0.6) is 5.75 Å². The molecule has 0 aliphatic heterocycles. The van der Waals surface area contributed by atoms with Gasteiger partial charge in [0.25, 0.3) is 0 Å². The number of hydrogen-bond donors (Lipinski definition) is 1. The summed E-state index contributed by atoms with van der Waals surface area (Å²) in [5.74, 6) is 0.854. The highest BCUT2D eigenvalue weighted by Gasteiger charge is 2.04. The monoisotopic (exact) mass is 316 g/mol. The Morgan fingerprint density at radius 3 is 2.77 bits per heavy atom. The van der Waals surface area contributed by atoms with Gasteiger partial charge in [0.05, 0.1) is 23.5 Å². The van der Waals surface area contributed by atoms with E-state index in [1.807, 2.05) is 49.6 Å². The van der Waals surface area contributed by atoms with Crippen LogP contribution in [0.3, 0.4) is 0 Å². The standard InChI is InChI=1S/C17H20N2O2S/c1-13-6-3-4-7-15(13)21-11-5-8-16(20)19-14-9-10-17(22-2)18-12-14/h3-4,6-7,9-10,12H,5,8,11H2,1-2H3,(H,19,20). The van der Waals surface area contributed by atoms with Crippen molar-refractivity contribution < 1.29 is 9.53 Å². The summed E-state index contributed by atoms with van der Waals surface area (Å²) in [6, 6.07) is 11.6. The molecule has 116 valence electrons. The van der Waals surface area contributed by atoms with E-state index >= 15 is 0 Å². The molecule has 0 aliphatic carbocycles. The number of benzene rings is 1. The third kappa shape index (κ3) is 5.07. The number of carbonyl (C=O) groups excluding carboxylic acids is 1. The van der Waals surface area contributed by atoms with Gasteiger partial charge in [-0.3, -0.25) is 4.79 Å². The molecule has 0 saturated heterocycles. The Morgan fingerprint density at radius 1 is 1.27 bits per heavy atom. The van der Waals surface area contributed by atoms with Crippen LogP contribution in [-0.4, -0.2) is 23.8 Å². The molecule has 0 aliphatic rings. The molecule has 1 heterocycles. The van der Waals surface area contributed by atoms with Crippen LogP contribution in [-0.2, 0) is 4.79 Å². The van der Waals surface area contributed by atoms with Crippen LogP contribution in [0.4, 0.5) is 5.69 Å². The first-order valence-electron chi connectivity index (χ1n) is 7.17. The third-order valence-corrected chi connectivity index (χ3v) is 3.79. The zero-order valence-electron chi connectivity index (χ0n) is 12.8. The molecule has 2 aromatic rings. The maximum absolute atomic E-state index is 11.8. The molecule has 22 heavy (non-hydrogen) atoms. The molecule has 0 radical (unpaired) electrons. The van der Waals surface area contributed by atoms with Gasteiger partial charge in [0.15, 0.2) is 0 Å². The first kappa shape index (κ1) is 16.4. The number of para-hydroxylation sites is 1. The zero-order chi connectivity index (χ0) is 15.8. The number of aromatic nitrogens is 1. The molecule has 0 saturated carbocycles. The average Bonchev–Trinajstić information content (AvgIpc) is 2.54. The van der Waals surface area contributed by atoms with Gasteiger partial charge in [-0.2, -0.15) is 0 Å². The van der Waals surface area contributed by atoms with Crippen LogP contribution in [0.2, 0.25) is 0 Å². The molecule has 5 heteroatoms. The third-order valence-electron chi connectivity index (χ3n) is 3.13. The van der Waals surface area contributed by atoms with Gasteiger partial charge in [-0.05, 0) is 43.4 Å². The van der Waals surface area contributed by atoms with E-state index in [9.17, 15) is 4.79 Å². The SMILES string of the molecule is CSc1ccc(NC(=O)CCCOc2ccccc2C)cn1. The highest BCUT2D eigenvalue weighted by molar-refractivity contribution is 7.98. The quantitative estimate of drug-likeness (QED) is 0.621. The van der Waals surface area contributed by atoms with Gasteiger partial charge in [0, 0.05) is 6.42 Å². The molecule has 0 bridgehead atoms. The number of ether oxygens (including phenoxy) is 1. The van der Waals surface area contributed by atoms with Crippen LogP contribution in [0, 0.1) is 6.92 Å². The number of amides is 1. The largest absolute Gasteiger partial charge is 0.493 e. The summed E-state index contributed by atoms with van der Waals surface area (Å²) in [4.78, 5) is 16.1. The topological polar surface area (TPSA) is 51.2 Å². The fourth-order valence-corrected chi connectivity index (χ4v) is 2.29. The first-order valence-corrected chi connectivity index (χ1v) is 8.40. The molecule has 0 unspecified atom stereocenters. The molecular formula is C17H20N2O2S. The van der Waals surface area contributed by atoms with Crippen LogP contribution >= 0.6 is 11.8 Å². The molecule has 0 fully saturated rings. The van der Waals surface area contributed by atoms with Crippen molar-refractivity contribution in [1.82, 2.24) is 4.98 Å². The van der Waals surface area contributed by atoms with E-state index < -0.39 is 0 Å². The minimum atomic E-state index is -0.0212. The van der Waals surface area contributed by atoms with Crippen molar-refractivity contribution in [3.8, 4) is 5.75 Å². The summed E-state index contributed by atoms with van der Waals surface area (Å²) in [6.07, 6.45) is 4.75. The number of aryl methyl sites for hydroxylation is 1. The second-order valence-corrected chi connectivity index (χ2v) is 5.68. The molecular weight excluding hydrogens is 296 g/mol. The molecule has 1 aromatic carbocycles. The maximum Gasteiger partial charge on any atom is 0.224 e. The number of nitrogens with one attached hydrogen (secondary N) is 1. The second-order valence-electron chi connectivity index (χ2n) is 4.85. The van der Waals surface area contributed by atoms with E-state index in [1.54, 1.807) is 18.0 Å². The Bertz CT molecular complexity index is 614. The van der Waals surface area contributed by atoms with Gasteiger partial charge >= 0.3 is 0 Å². The van der Waals surface area contributed by atoms with E-state index in [0.717, 1.165) is 22.0 Å². The summed E-state index contributed by atoms with van der Waals surface area (Å²) in [5.41, 5.74) is 1.83. The van der Waals surface area contributed by atoms with E-state index in [1.165, 1.54) is 0 Å². The van der Waals surface area contributed by atoms with E-state index in [-0.39, 0.29) is 5.91 Å². The lowest BCUT2D eigenvalue weighted by Gasteiger charge is -2.09. The lowest BCUT2D eigenvalue weighted by Crippen LogP contribution is -2.13. The number of anilines is 1. The molecule has 0 spiro atoms. The molecule has 1 N–H and O–H groups in total. The molecule has 1 amide bonds. The smallest absolute Gasteiger partial charge is 0.224 e. The highest BCUT2D eigenvalue weighted by Crippen LogP contribution is 2.17. The van der Waals surface area contributed by atoms with Crippen molar-refractivity contribution in [2.45, 2.75) is 24.8 Å². The fraction of sp³-hybridized carbons (Fsp3) is 0.294. The zero-order valence-corrected chi connectivity index (χ0v) is 13.7. The van der Waals surface area contributed by atoms with Gasteiger partial charge in [0.2, 0.25) is 5.91 Å². The lowest BCUT2D eigenvalue weighted by molar-refractivity contribution is -0.116. The number of pyridine rings is 1. The maximum atomic E-state index is 11.8. The summed E-state index contributed by atoms with van der Waals surface area (Å²) in [7, 11) is 0. The highest BCUT2D eigenvalue weighted by atomic mass is 32.2. The number of nitrogens with zero attached hydrogens (tertiary/aromatic N) is 1. The summed E-state index contributed by atoms with van der Waals surface area (Å²) < 4.78 is 5.67. The van der Waals surface area contributed by atoms with Gasteiger partial charge < -0.3 is 10.1 Å². The van der Waals surface area contributed by atoms with Crippen LogP contribution in [0.15, 0.2) is 47.6 Å². The Morgan fingerprint density at radius 2 is 2.09 bits per heavy atom. The predicted octanol–water partition coefficient (Wildman–Crippen LogP) is 3.91. The molecule has 4 nitrogen and oxygen atoms in total. The molecule has 1 aromatic heterocycles. The minimum absolute atomic E-state index is 0.0212. The number of rotatable bonds is 7. The number of hydrogen-bond acceptors (Lipinski definition) is 4. The van der Waals surface area contributed by atoms with Crippen molar-refractivity contribution in [3.05, 3.63) is 48.2 Å². The van der Waals surface area contributed by atoms with Gasteiger partial charge in [-0.15, -0.1) is 11.8 Å². The van der Waals surface area contributed by atoms with E-state index in [0.29, 0.717) is 19.4 Å². The summed E-state index contributed by atoms with van der Waals surface area (Å²) in [5, 5.41) is 3.77. The lowest BCUT2D eigenvalue weighted by atomic mass is 10.2. The van der Waals surface area contributed by atoms with Crippen molar-refractivity contribution in [1.29, 1.82) is 0 Å². The van der Waals surface area contributed by atoms with Crippen LogP contribution in [0.1, 0.15) is 18.4 Å². The first-order chi connectivity index (χ1) is 10.7. The van der Waals surface area contributed by atoms with Crippen molar-refractivity contribution in [2.75, 3.05) is 18.2 Å². The second kappa shape index (κ2) is 8.44. The molecule has 0 atom stereocenters. The van der Waals surface area contributed by atoms with Crippen LogP contribution in [0.25, 0.3) is 0 Å². The van der Waals surface area contributed by atoms with Gasteiger partial charge in [0.1, 0.15) is 5.75 Å². The number of carbonyl (C=O) groups is 1. The Balaban J connectivity index is 1.70. The van der Waals surface area contributed by atoms with Crippen molar-refractivity contribution >= 4 is 23.4 Å².